The average Bonchev–Trinajstić information content (AvgIpc) is 3.81. The molecule has 0 saturated heterocycles. The van der Waals surface area contributed by atoms with Crippen molar-refractivity contribution in [2.45, 2.75) is 26.4 Å². The van der Waals surface area contributed by atoms with E-state index in [0.717, 1.165) is 41.1 Å². The molecule has 0 aliphatic carbocycles. The highest BCUT2D eigenvalue weighted by Gasteiger charge is 2.11. The van der Waals surface area contributed by atoms with E-state index in [-0.39, 0.29) is 13.2 Å². The molecule has 11 heteroatoms. The SMILES string of the molecule is Clc1ccc(COc2ccc(-c3cc(COCc4cc(-c5ccc(OCc6ccc(Cl)s6)cc5)no4)on3)cc2)s1. The molecule has 0 saturated carbocycles. The molecule has 4 heterocycles. The van der Waals surface area contributed by atoms with Crippen LogP contribution in [0.2, 0.25) is 8.67 Å². The molecule has 4 aromatic heterocycles. The maximum absolute atomic E-state index is 5.97. The van der Waals surface area contributed by atoms with E-state index in [9.17, 15) is 0 Å². The summed E-state index contributed by atoms with van der Waals surface area (Å²) in [5.74, 6) is 2.74. The Morgan fingerprint density at radius 3 is 1.39 bits per heavy atom. The van der Waals surface area contributed by atoms with E-state index in [1.54, 1.807) is 0 Å². The molecule has 2 aromatic carbocycles. The van der Waals surface area contributed by atoms with Gasteiger partial charge in [-0.1, -0.05) is 33.5 Å². The molecular weight excluding hydrogens is 603 g/mol. The molecule has 0 fully saturated rings. The van der Waals surface area contributed by atoms with Crippen LogP contribution in [0.25, 0.3) is 22.5 Å². The second kappa shape index (κ2) is 12.9. The van der Waals surface area contributed by atoms with Crippen molar-refractivity contribution in [1.29, 1.82) is 0 Å². The van der Waals surface area contributed by atoms with Crippen molar-refractivity contribution in [3.05, 3.63) is 115 Å². The molecule has 208 valence electrons. The van der Waals surface area contributed by atoms with Crippen LogP contribution in [0.3, 0.4) is 0 Å². The third-order valence-electron chi connectivity index (χ3n) is 5.93. The Morgan fingerprint density at radius 1 is 0.561 bits per heavy atom. The normalized spacial score (nSPS) is 11.2. The summed E-state index contributed by atoms with van der Waals surface area (Å²) in [4.78, 5) is 2.14. The van der Waals surface area contributed by atoms with Gasteiger partial charge >= 0.3 is 0 Å². The van der Waals surface area contributed by atoms with Gasteiger partial charge in [0.1, 0.15) is 49.3 Å². The first-order valence-corrected chi connectivity index (χ1v) is 14.9. The molecule has 0 atom stereocenters. The summed E-state index contributed by atoms with van der Waals surface area (Å²) in [6, 6.07) is 26.7. The standard InChI is InChI=1S/C30H22Cl2N2O5S2/c31-29-11-9-25(40-29)17-36-21-5-1-19(2-6-21)27-13-23(38-33-27)15-35-16-24-14-28(34-39-24)20-3-7-22(8-4-20)37-18-26-10-12-30(32)41-26/h1-14H,15-18H2. The zero-order valence-electron chi connectivity index (χ0n) is 21.4. The summed E-state index contributed by atoms with van der Waals surface area (Å²) in [6.45, 7) is 1.44. The zero-order valence-corrected chi connectivity index (χ0v) is 24.6. The van der Waals surface area contributed by atoms with Gasteiger partial charge in [0.25, 0.3) is 0 Å². The smallest absolute Gasteiger partial charge is 0.163 e. The van der Waals surface area contributed by atoms with Crippen LogP contribution in [-0.4, -0.2) is 10.3 Å². The number of nitrogens with zero attached hydrogens (tertiary/aromatic N) is 2. The first-order valence-electron chi connectivity index (χ1n) is 12.5. The van der Waals surface area contributed by atoms with Crippen LogP contribution in [0.5, 0.6) is 11.5 Å². The average molecular weight is 626 g/mol. The Bertz CT molecular complexity index is 1580. The first kappa shape index (κ1) is 27.6. The summed E-state index contributed by atoms with van der Waals surface area (Å²) in [5, 5.41) is 8.32. The van der Waals surface area contributed by atoms with Crippen LogP contribution in [0.1, 0.15) is 21.3 Å². The Hall–Kier alpha value is -3.60. The number of rotatable bonds is 12. The Kier molecular flexibility index (Phi) is 8.69. The van der Waals surface area contributed by atoms with Crippen LogP contribution in [-0.2, 0) is 31.2 Å². The molecule has 0 bridgehead atoms. The van der Waals surface area contributed by atoms with Gasteiger partial charge in [-0.3, -0.25) is 0 Å². The van der Waals surface area contributed by atoms with Gasteiger partial charge in [-0.15, -0.1) is 22.7 Å². The number of hydrogen-bond donors (Lipinski definition) is 0. The van der Waals surface area contributed by atoms with Crippen LogP contribution in [0.15, 0.2) is 94.0 Å². The Labute approximate surface area is 253 Å². The molecule has 0 aliphatic rings. The third-order valence-corrected chi connectivity index (χ3v) is 8.34. The number of halogens is 2. The summed E-state index contributed by atoms with van der Waals surface area (Å²) in [5.41, 5.74) is 3.26. The molecule has 41 heavy (non-hydrogen) atoms. The molecule has 0 N–H and O–H groups in total. The maximum Gasteiger partial charge on any atom is 0.163 e. The first-order chi connectivity index (χ1) is 20.1. The lowest BCUT2D eigenvalue weighted by Crippen LogP contribution is -1.92. The lowest BCUT2D eigenvalue weighted by molar-refractivity contribution is 0.0727. The van der Waals surface area contributed by atoms with Crippen LogP contribution in [0.4, 0.5) is 0 Å². The number of ether oxygens (including phenoxy) is 3. The van der Waals surface area contributed by atoms with E-state index in [2.05, 4.69) is 10.3 Å². The summed E-state index contributed by atoms with van der Waals surface area (Å²) in [6.07, 6.45) is 0. The number of thiophene rings is 2. The molecule has 0 spiro atoms. The van der Waals surface area contributed by atoms with Crippen molar-refractivity contribution in [2.75, 3.05) is 0 Å². The third kappa shape index (κ3) is 7.38. The second-order valence-electron chi connectivity index (χ2n) is 8.89. The molecule has 0 aliphatic heterocycles. The van der Waals surface area contributed by atoms with E-state index >= 15 is 0 Å². The highest BCUT2D eigenvalue weighted by molar-refractivity contribution is 7.16. The number of benzene rings is 2. The lowest BCUT2D eigenvalue weighted by Gasteiger charge is -2.05. The van der Waals surface area contributed by atoms with Gasteiger partial charge in [0.05, 0.1) is 8.67 Å². The van der Waals surface area contributed by atoms with Gasteiger partial charge in [0.15, 0.2) is 11.5 Å². The monoisotopic (exact) mass is 624 g/mol. The second-order valence-corrected chi connectivity index (χ2v) is 12.5. The van der Waals surface area contributed by atoms with E-state index in [1.807, 2.05) is 84.9 Å². The van der Waals surface area contributed by atoms with E-state index in [1.165, 1.54) is 22.7 Å². The van der Waals surface area contributed by atoms with E-state index < -0.39 is 0 Å². The minimum absolute atomic E-state index is 0.245. The van der Waals surface area contributed by atoms with Gasteiger partial charge in [-0.2, -0.15) is 0 Å². The fourth-order valence-corrected chi connectivity index (χ4v) is 5.90. The largest absolute Gasteiger partial charge is 0.488 e. The summed E-state index contributed by atoms with van der Waals surface area (Å²) in [7, 11) is 0. The van der Waals surface area contributed by atoms with Gasteiger partial charge in [0.2, 0.25) is 0 Å². The quantitative estimate of drug-likeness (QED) is 0.134. The number of aromatic nitrogens is 2. The highest BCUT2D eigenvalue weighted by atomic mass is 35.5. The van der Waals surface area contributed by atoms with Crippen LogP contribution < -0.4 is 9.47 Å². The fraction of sp³-hybridized carbons (Fsp3) is 0.133. The number of hydrogen-bond acceptors (Lipinski definition) is 9. The highest BCUT2D eigenvalue weighted by Crippen LogP contribution is 2.27. The van der Waals surface area contributed by atoms with Crippen molar-refractivity contribution in [3.8, 4) is 34.0 Å². The summed E-state index contributed by atoms with van der Waals surface area (Å²) >= 11 is 15.0. The zero-order chi connectivity index (χ0) is 28.0. The summed E-state index contributed by atoms with van der Waals surface area (Å²) < 4.78 is 29.8. The van der Waals surface area contributed by atoms with E-state index in [4.69, 9.17) is 46.5 Å². The minimum atomic E-state index is 0.245. The fourth-order valence-electron chi connectivity index (χ4n) is 3.90. The minimum Gasteiger partial charge on any atom is -0.488 e. The van der Waals surface area contributed by atoms with Crippen molar-refractivity contribution < 1.29 is 23.3 Å². The molecular formula is C30H22Cl2N2O5S2. The molecule has 6 aromatic rings. The van der Waals surface area contributed by atoms with Crippen LogP contribution >= 0.6 is 45.9 Å². The van der Waals surface area contributed by atoms with Crippen molar-refractivity contribution >= 4 is 45.9 Å². The predicted octanol–water partition coefficient (Wildman–Crippen LogP) is 9.30. The van der Waals surface area contributed by atoms with Gasteiger partial charge < -0.3 is 23.3 Å². The topological polar surface area (TPSA) is 79.8 Å². The molecule has 6 rings (SSSR count). The maximum atomic E-state index is 5.97. The van der Waals surface area contributed by atoms with E-state index in [0.29, 0.717) is 36.1 Å². The molecule has 0 unspecified atom stereocenters. The lowest BCUT2D eigenvalue weighted by atomic mass is 10.1. The predicted molar refractivity (Wildman–Crippen MR) is 160 cm³/mol. The molecule has 7 nitrogen and oxygen atoms in total. The van der Waals surface area contributed by atoms with Gasteiger partial charge in [-0.25, -0.2) is 0 Å². The Balaban J connectivity index is 0.963. The molecule has 0 amide bonds. The van der Waals surface area contributed by atoms with Gasteiger partial charge in [0, 0.05) is 33.0 Å². The Morgan fingerprint density at radius 2 is 1.00 bits per heavy atom. The van der Waals surface area contributed by atoms with Crippen molar-refractivity contribution in [3.63, 3.8) is 0 Å². The molecule has 0 radical (unpaired) electrons. The van der Waals surface area contributed by atoms with Crippen molar-refractivity contribution in [2.24, 2.45) is 0 Å². The van der Waals surface area contributed by atoms with Crippen LogP contribution in [0, 0.1) is 0 Å². The van der Waals surface area contributed by atoms with Crippen molar-refractivity contribution in [1.82, 2.24) is 10.3 Å². The van der Waals surface area contributed by atoms with Gasteiger partial charge in [-0.05, 0) is 72.8 Å².